The van der Waals surface area contributed by atoms with Crippen molar-refractivity contribution in [3.05, 3.63) is 71.5 Å². The summed E-state index contributed by atoms with van der Waals surface area (Å²) in [5.74, 6) is -3.23. The van der Waals surface area contributed by atoms with Gasteiger partial charge in [-0.15, -0.1) is 0 Å². The summed E-state index contributed by atoms with van der Waals surface area (Å²) in [7, 11) is 2.73. The first-order chi connectivity index (χ1) is 13.9. The molecule has 2 fully saturated rings. The Hall–Kier alpha value is -3.06. The number of carbonyl (C=O) groups excluding carboxylic acids is 3. The molecule has 2 aliphatic heterocycles. The number of nitrogens with two attached hydrogens (primary N) is 1. The summed E-state index contributed by atoms with van der Waals surface area (Å²) in [4.78, 5) is 40.2. The summed E-state index contributed by atoms with van der Waals surface area (Å²) in [6, 6.07) is 14.7. The third-order valence-electron chi connectivity index (χ3n) is 6.15. The summed E-state index contributed by atoms with van der Waals surface area (Å²) >= 11 is 0. The minimum Gasteiger partial charge on any atom is -0.464 e. The second-order valence-corrected chi connectivity index (χ2v) is 7.68. The Morgan fingerprint density at radius 2 is 1.76 bits per heavy atom. The Labute approximate surface area is 167 Å². The van der Waals surface area contributed by atoms with E-state index in [2.05, 4.69) is 0 Å². The van der Waals surface area contributed by atoms with Crippen LogP contribution in [0.3, 0.4) is 0 Å². The highest BCUT2D eigenvalue weighted by molar-refractivity contribution is 6.08. The lowest BCUT2D eigenvalue weighted by molar-refractivity contribution is -0.734. The number of methoxy groups -OCH3 is 1. The van der Waals surface area contributed by atoms with Crippen LogP contribution in [-0.4, -0.2) is 42.4 Å². The molecule has 0 unspecified atom stereocenters. The molecule has 4 atom stereocenters. The molecule has 2 N–H and O–H groups in total. The number of nitrogens with zero attached hydrogens (tertiary/aromatic N) is 1. The molecule has 0 spiro atoms. The Morgan fingerprint density at radius 3 is 2.38 bits per heavy atom. The van der Waals surface area contributed by atoms with E-state index in [1.165, 1.54) is 26.3 Å². The molecule has 0 aromatic heterocycles. The van der Waals surface area contributed by atoms with Crippen LogP contribution < -0.4 is 5.32 Å². The molecule has 2 amide bonds. The molecule has 2 aromatic carbocycles. The van der Waals surface area contributed by atoms with E-state index in [-0.39, 0.29) is 18.2 Å². The third-order valence-corrected chi connectivity index (χ3v) is 6.15. The molecule has 2 aromatic rings. The van der Waals surface area contributed by atoms with Crippen LogP contribution in [0.1, 0.15) is 17.2 Å². The fraction of sp³-hybridized carbons (Fsp3) is 0.318. The number of fused-ring (bicyclic) bond motifs is 1. The highest BCUT2D eigenvalue weighted by atomic mass is 19.1. The highest BCUT2D eigenvalue weighted by Gasteiger charge is 2.71. The zero-order valence-electron chi connectivity index (χ0n) is 16.2. The predicted molar refractivity (Wildman–Crippen MR) is 101 cm³/mol. The van der Waals surface area contributed by atoms with E-state index in [1.807, 2.05) is 30.3 Å². The van der Waals surface area contributed by atoms with Crippen molar-refractivity contribution in [2.75, 3.05) is 14.2 Å². The number of rotatable bonds is 4. The number of amides is 2. The van der Waals surface area contributed by atoms with Gasteiger partial charge >= 0.3 is 5.97 Å². The van der Waals surface area contributed by atoms with Gasteiger partial charge in [-0.2, -0.15) is 0 Å². The predicted octanol–water partition coefficient (Wildman–Crippen LogP) is 0.829. The molecule has 29 heavy (non-hydrogen) atoms. The van der Waals surface area contributed by atoms with Gasteiger partial charge in [-0.05, 0) is 17.7 Å². The van der Waals surface area contributed by atoms with Gasteiger partial charge < -0.3 is 10.1 Å². The van der Waals surface area contributed by atoms with Gasteiger partial charge in [-0.25, -0.2) is 9.18 Å². The lowest BCUT2D eigenvalue weighted by atomic mass is 9.76. The number of quaternary nitrogens is 1. The number of imide groups is 1. The quantitative estimate of drug-likeness (QED) is 0.612. The third kappa shape index (κ3) is 2.93. The topological polar surface area (TPSA) is 80.3 Å². The van der Waals surface area contributed by atoms with E-state index in [0.717, 1.165) is 10.5 Å². The van der Waals surface area contributed by atoms with Gasteiger partial charge in [0.25, 0.3) is 0 Å². The van der Waals surface area contributed by atoms with Crippen LogP contribution in [0.4, 0.5) is 4.39 Å². The van der Waals surface area contributed by atoms with E-state index in [4.69, 9.17) is 4.74 Å². The van der Waals surface area contributed by atoms with Crippen molar-refractivity contribution in [1.29, 1.82) is 0 Å². The molecule has 4 rings (SSSR count). The van der Waals surface area contributed by atoms with E-state index < -0.39 is 35.2 Å². The van der Waals surface area contributed by atoms with Gasteiger partial charge in [0.15, 0.2) is 0 Å². The first-order valence-electron chi connectivity index (χ1n) is 9.44. The molecule has 2 aliphatic rings. The molecule has 0 bridgehead atoms. The molecule has 7 heteroatoms. The largest absolute Gasteiger partial charge is 0.464 e. The number of ether oxygens (including phenoxy) is 1. The van der Waals surface area contributed by atoms with Crippen molar-refractivity contribution in [3.8, 4) is 0 Å². The number of esters is 1. The number of hydrogen-bond donors (Lipinski definition) is 1. The van der Waals surface area contributed by atoms with Crippen molar-refractivity contribution in [3.63, 3.8) is 0 Å². The Morgan fingerprint density at radius 1 is 1.10 bits per heavy atom. The van der Waals surface area contributed by atoms with Crippen LogP contribution in [0.5, 0.6) is 0 Å². The summed E-state index contributed by atoms with van der Waals surface area (Å²) in [6.45, 7) is 0. The summed E-state index contributed by atoms with van der Waals surface area (Å²) < 4.78 is 18.6. The van der Waals surface area contributed by atoms with E-state index in [1.54, 1.807) is 17.4 Å². The SMILES string of the molecule is COC(=O)[C@]1(Cc2ccccc2)[NH2+][C@@H](c2ccc(F)cc2)[C@H]2C(=O)N(C)C(=O)[C@@H]21. The Balaban J connectivity index is 1.85. The maximum Gasteiger partial charge on any atom is 0.369 e. The van der Waals surface area contributed by atoms with Crippen molar-refractivity contribution in [1.82, 2.24) is 4.90 Å². The number of hydrogen-bond acceptors (Lipinski definition) is 4. The fourth-order valence-corrected chi connectivity index (χ4v) is 4.81. The van der Waals surface area contributed by atoms with Crippen molar-refractivity contribution in [2.24, 2.45) is 11.8 Å². The fourth-order valence-electron chi connectivity index (χ4n) is 4.81. The summed E-state index contributed by atoms with van der Waals surface area (Å²) in [6.07, 6.45) is 0.242. The summed E-state index contributed by atoms with van der Waals surface area (Å²) in [5, 5.41) is 1.78. The van der Waals surface area contributed by atoms with E-state index in [9.17, 15) is 18.8 Å². The van der Waals surface area contributed by atoms with Crippen LogP contribution in [0, 0.1) is 17.7 Å². The van der Waals surface area contributed by atoms with Gasteiger partial charge in [-0.1, -0.05) is 42.5 Å². The zero-order valence-corrected chi connectivity index (χ0v) is 16.2. The first kappa shape index (κ1) is 19.3. The Kier molecular flexibility index (Phi) is 4.70. The average Bonchev–Trinajstić information content (AvgIpc) is 3.19. The average molecular weight is 397 g/mol. The maximum absolute atomic E-state index is 13.5. The van der Waals surface area contributed by atoms with Crippen LogP contribution in [0.15, 0.2) is 54.6 Å². The van der Waals surface area contributed by atoms with Crippen molar-refractivity contribution in [2.45, 2.75) is 18.0 Å². The minimum atomic E-state index is -1.28. The molecule has 150 valence electrons. The molecule has 2 saturated heterocycles. The van der Waals surface area contributed by atoms with E-state index in [0.29, 0.717) is 5.56 Å². The lowest BCUT2D eigenvalue weighted by Gasteiger charge is -2.29. The van der Waals surface area contributed by atoms with Crippen LogP contribution in [0.25, 0.3) is 0 Å². The maximum atomic E-state index is 13.5. The summed E-state index contributed by atoms with van der Waals surface area (Å²) in [5.41, 5.74) is 0.274. The van der Waals surface area contributed by atoms with Gasteiger partial charge in [0.2, 0.25) is 17.4 Å². The lowest BCUT2D eigenvalue weighted by Crippen LogP contribution is -2.98. The van der Waals surface area contributed by atoms with E-state index >= 15 is 0 Å². The molecule has 0 aliphatic carbocycles. The standard InChI is InChI=1S/C22H21FN2O4/c1-25-19(26)16-17(20(25)27)22(21(28)29-2,12-13-6-4-3-5-7-13)24-18(16)14-8-10-15(23)11-9-14/h3-11,16-18,24H,12H2,1-2H3/p+1/t16-,17+,18-,22+/m0/s1. The number of carbonyl (C=O) groups is 3. The first-order valence-corrected chi connectivity index (χ1v) is 9.44. The van der Waals surface area contributed by atoms with Crippen LogP contribution >= 0.6 is 0 Å². The normalized spacial score (nSPS) is 28.5. The molecule has 2 heterocycles. The smallest absolute Gasteiger partial charge is 0.369 e. The number of halogens is 1. The van der Waals surface area contributed by atoms with Gasteiger partial charge in [0, 0.05) is 19.0 Å². The van der Waals surface area contributed by atoms with Crippen LogP contribution in [0.2, 0.25) is 0 Å². The molecular formula is C22H22FN2O4+. The molecule has 6 nitrogen and oxygen atoms in total. The molecular weight excluding hydrogens is 375 g/mol. The molecule has 0 radical (unpaired) electrons. The highest BCUT2D eigenvalue weighted by Crippen LogP contribution is 2.45. The van der Waals surface area contributed by atoms with Gasteiger partial charge in [0.1, 0.15) is 23.7 Å². The number of benzene rings is 2. The minimum absolute atomic E-state index is 0.242. The monoisotopic (exact) mass is 397 g/mol. The second kappa shape index (κ2) is 7.08. The second-order valence-electron chi connectivity index (χ2n) is 7.68. The Bertz CT molecular complexity index is 963. The van der Waals surface area contributed by atoms with Gasteiger partial charge in [-0.3, -0.25) is 14.5 Å². The van der Waals surface area contributed by atoms with Crippen LogP contribution in [-0.2, 0) is 25.5 Å². The number of likely N-dealkylation sites (tertiary alicyclic amines) is 1. The van der Waals surface area contributed by atoms with Crippen molar-refractivity contribution < 1.29 is 28.8 Å². The van der Waals surface area contributed by atoms with Gasteiger partial charge in [0.05, 0.1) is 7.11 Å². The van der Waals surface area contributed by atoms with Crippen molar-refractivity contribution >= 4 is 17.8 Å². The zero-order chi connectivity index (χ0) is 20.8. The molecule has 0 saturated carbocycles.